The summed E-state index contributed by atoms with van der Waals surface area (Å²) in [6.07, 6.45) is 15.1. The zero-order valence-corrected chi connectivity index (χ0v) is 10.9. The highest BCUT2D eigenvalue weighted by Crippen LogP contribution is 2.60. The zero-order valence-electron chi connectivity index (χ0n) is 10.9. The van der Waals surface area contributed by atoms with E-state index in [4.69, 9.17) is 9.47 Å². The van der Waals surface area contributed by atoms with Gasteiger partial charge >= 0.3 is 0 Å². The molecule has 1 aliphatic heterocycles. The number of rotatable bonds is 8. The summed E-state index contributed by atoms with van der Waals surface area (Å²) in [4.78, 5) is 0. The first-order chi connectivity index (χ1) is 8.29. The lowest BCUT2D eigenvalue weighted by molar-refractivity contribution is -0.185. The molecule has 0 N–H and O–H groups in total. The molecular weight excluding hydrogens is 212 g/mol. The highest BCUT2D eigenvalue weighted by atomic mass is 16.7. The van der Waals surface area contributed by atoms with Crippen LogP contribution < -0.4 is 0 Å². The van der Waals surface area contributed by atoms with Gasteiger partial charge in [0.1, 0.15) is 12.5 Å². The molecule has 0 amide bonds. The van der Waals surface area contributed by atoms with Crippen molar-refractivity contribution in [1.29, 1.82) is 0 Å². The molecule has 2 heteroatoms. The van der Waals surface area contributed by atoms with E-state index < -0.39 is 5.79 Å². The molecule has 0 aromatic carbocycles. The molecule has 1 saturated carbocycles. The SMILES string of the molecule is C=CC1(C2(CCCCCCC)OC=CO2)CC1. The van der Waals surface area contributed by atoms with Crippen LogP contribution in [0.1, 0.15) is 58.3 Å². The van der Waals surface area contributed by atoms with Crippen molar-refractivity contribution in [2.75, 3.05) is 0 Å². The van der Waals surface area contributed by atoms with Crippen LogP contribution in [0.3, 0.4) is 0 Å². The summed E-state index contributed by atoms with van der Waals surface area (Å²) < 4.78 is 11.6. The summed E-state index contributed by atoms with van der Waals surface area (Å²) in [5.74, 6) is -0.430. The first-order valence-electron chi connectivity index (χ1n) is 6.93. The van der Waals surface area contributed by atoms with Gasteiger partial charge in [0, 0.05) is 6.42 Å². The van der Waals surface area contributed by atoms with Crippen LogP contribution in [-0.4, -0.2) is 5.79 Å². The van der Waals surface area contributed by atoms with Gasteiger partial charge in [-0.05, 0) is 19.3 Å². The Kier molecular flexibility index (Phi) is 3.80. The van der Waals surface area contributed by atoms with Gasteiger partial charge in [-0.2, -0.15) is 0 Å². The highest BCUT2D eigenvalue weighted by Gasteiger charge is 2.61. The minimum Gasteiger partial charge on any atom is -0.456 e. The topological polar surface area (TPSA) is 18.5 Å². The number of ether oxygens (including phenoxy) is 2. The minimum atomic E-state index is -0.430. The van der Waals surface area contributed by atoms with Crippen molar-refractivity contribution in [2.45, 2.75) is 64.1 Å². The van der Waals surface area contributed by atoms with Crippen LogP contribution in [-0.2, 0) is 9.47 Å². The maximum absolute atomic E-state index is 5.79. The molecule has 0 unspecified atom stereocenters. The first-order valence-corrected chi connectivity index (χ1v) is 6.93. The fraction of sp³-hybridized carbons (Fsp3) is 0.733. The minimum absolute atomic E-state index is 0.0707. The predicted molar refractivity (Wildman–Crippen MR) is 69.3 cm³/mol. The standard InChI is InChI=1S/C15H24O2/c1-3-5-6-7-8-9-15(16-12-13-17-15)14(4-2)10-11-14/h4,12-13H,2-3,5-11H2,1H3. The Labute approximate surface area is 105 Å². The maximum atomic E-state index is 5.79. The van der Waals surface area contributed by atoms with E-state index in [1.54, 1.807) is 12.5 Å². The molecule has 0 aromatic rings. The van der Waals surface area contributed by atoms with Crippen molar-refractivity contribution >= 4 is 0 Å². The molecule has 0 spiro atoms. The first kappa shape index (κ1) is 12.5. The Bertz CT molecular complexity index is 281. The zero-order chi connectivity index (χ0) is 12.2. The third kappa shape index (κ3) is 2.36. The summed E-state index contributed by atoms with van der Waals surface area (Å²) >= 11 is 0. The molecule has 0 aromatic heterocycles. The van der Waals surface area contributed by atoms with E-state index in [0.717, 1.165) is 19.3 Å². The third-order valence-corrected chi connectivity index (χ3v) is 4.12. The van der Waals surface area contributed by atoms with Gasteiger partial charge in [0.2, 0.25) is 0 Å². The van der Waals surface area contributed by atoms with E-state index in [-0.39, 0.29) is 5.41 Å². The molecule has 17 heavy (non-hydrogen) atoms. The van der Waals surface area contributed by atoms with E-state index in [9.17, 15) is 0 Å². The van der Waals surface area contributed by atoms with Gasteiger partial charge in [-0.3, -0.25) is 0 Å². The van der Waals surface area contributed by atoms with Crippen molar-refractivity contribution in [3.05, 3.63) is 25.2 Å². The average Bonchev–Trinajstić information content (AvgIpc) is 3.03. The van der Waals surface area contributed by atoms with Gasteiger partial charge in [0.05, 0.1) is 5.41 Å². The second-order valence-corrected chi connectivity index (χ2v) is 5.29. The molecule has 1 aliphatic carbocycles. The van der Waals surface area contributed by atoms with Crippen LogP contribution in [0.15, 0.2) is 25.2 Å². The normalized spacial score (nSPS) is 22.9. The van der Waals surface area contributed by atoms with Crippen molar-refractivity contribution in [1.82, 2.24) is 0 Å². The molecule has 1 heterocycles. The molecule has 2 aliphatic rings. The second-order valence-electron chi connectivity index (χ2n) is 5.29. The quantitative estimate of drug-likeness (QED) is 0.455. The smallest absolute Gasteiger partial charge is 0.258 e. The van der Waals surface area contributed by atoms with Gasteiger partial charge in [-0.25, -0.2) is 0 Å². The highest BCUT2D eigenvalue weighted by molar-refractivity contribution is 5.16. The summed E-state index contributed by atoms with van der Waals surface area (Å²) in [5, 5.41) is 0. The fourth-order valence-corrected chi connectivity index (χ4v) is 2.74. The number of hydrogen-bond donors (Lipinski definition) is 0. The fourth-order valence-electron chi connectivity index (χ4n) is 2.74. The van der Waals surface area contributed by atoms with Crippen molar-refractivity contribution in [2.24, 2.45) is 5.41 Å². The van der Waals surface area contributed by atoms with E-state index in [0.29, 0.717) is 0 Å². The molecule has 0 saturated heterocycles. The summed E-state index contributed by atoms with van der Waals surface area (Å²) in [5.41, 5.74) is 0.0707. The van der Waals surface area contributed by atoms with E-state index in [1.165, 1.54) is 32.1 Å². The van der Waals surface area contributed by atoms with Gasteiger partial charge < -0.3 is 9.47 Å². The monoisotopic (exact) mass is 236 g/mol. The van der Waals surface area contributed by atoms with Gasteiger partial charge in [-0.15, -0.1) is 6.58 Å². The summed E-state index contributed by atoms with van der Waals surface area (Å²) in [6, 6.07) is 0. The molecule has 0 radical (unpaired) electrons. The molecule has 2 nitrogen and oxygen atoms in total. The molecule has 96 valence electrons. The molecule has 0 atom stereocenters. The van der Waals surface area contributed by atoms with E-state index >= 15 is 0 Å². The summed E-state index contributed by atoms with van der Waals surface area (Å²) in [7, 11) is 0. The Hall–Kier alpha value is -0.920. The van der Waals surface area contributed by atoms with Crippen molar-refractivity contribution in [3.8, 4) is 0 Å². The number of hydrogen-bond acceptors (Lipinski definition) is 2. The van der Waals surface area contributed by atoms with Gasteiger partial charge in [0.25, 0.3) is 5.79 Å². The summed E-state index contributed by atoms with van der Waals surface area (Å²) in [6.45, 7) is 6.20. The largest absolute Gasteiger partial charge is 0.456 e. The van der Waals surface area contributed by atoms with Crippen molar-refractivity contribution < 1.29 is 9.47 Å². The van der Waals surface area contributed by atoms with Crippen LogP contribution in [0, 0.1) is 5.41 Å². The molecule has 2 rings (SSSR count). The van der Waals surface area contributed by atoms with Crippen LogP contribution in [0.5, 0.6) is 0 Å². The van der Waals surface area contributed by atoms with Gasteiger partial charge in [0.15, 0.2) is 0 Å². The Morgan fingerprint density at radius 2 is 1.76 bits per heavy atom. The third-order valence-electron chi connectivity index (χ3n) is 4.12. The Morgan fingerprint density at radius 3 is 2.29 bits per heavy atom. The number of unbranched alkanes of at least 4 members (excludes halogenated alkanes) is 4. The average molecular weight is 236 g/mol. The van der Waals surface area contributed by atoms with Crippen LogP contribution in [0.2, 0.25) is 0 Å². The lowest BCUT2D eigenvalue weighted by atomic mass is 9.90. The molecule has 1 fully saturated rings. The Balaban J connectivity index is 1.84. The van der Waals surface area contributed by atoms with Crippen LogP contribution >= 0.6 is 0 Å². The lowest BCUT2D eigenvalue weighted by Gasteiger charge is -2.34. The van der Waals surface area contributed by atoms with Gasteiger partial charge in [-0.1, -0.05) is 38.7 Å². The lowest BCUT2D eigenvalue weighted by Crippen LogP contribution is -2.39. The molecular formula is C15H24O2. The van der Waals surface area contributed by atoms with Crippen LogP contribution in [0.4, 0.5) is 0 Å². The maximum Gasteiger partial charge on any atom is 0.258 e. The van der Waals surface area contributed by atoms with E-state index in [2.05, 4.69) is 13.5 Å². The van der Waals surface area contributed by atoms with Crippen LogP contribution in [0.25, 0.3) is 0 Å². The second kappa shape index (κ2) is 5.16. The van der Waals surface area contributed by atoms with E-state index in [1.807, 2.05) is 6.08 Å². The predicted octanol–water partition coefficient (Wildman–Crippen LogP) is 4.53. The Morgan fingerprint density at radius 1 is 1.12 bits per heavy atom. The van der Waals surface area contributed by atoms with Crippen molar-refractivity contribution in [3.63, 3.8) is 0 Å². The molecule has 0 bridgehead atoms.